The number of rotatable bonds is 3. The van der Waals surface area contributed by atoms with Crippen LogP contribution in [0.2, 0.25) is 0 Å². The van der Waals surface area contributed by atoms with Crippen LogP contribution in [0.4, 0.5) is 13.2 Å². The molecule has 2 amide bonds. The smallest absolute Gasteiger partial charge is 0.348 e. The second-order valence-corrected chi connectivity index (χ2v) is 7.22. The highest BCUT2D eigenvalue weighted by Crippen LogP contribution is 2.35. The first-order chi connectivity index (χ1) is 12.6. The number of nitrogens with one attached hydrogen (secondary N) is 3. The molecule has 3 N–H and O–H groups in total. The zero-order valence-electron chi connectivity index (χ0n) is 15.2. The number of fused-ring (bicyclic) bond motifs is 1. The molecule has 2 aliphatic rings. The van der Waals surface area contributed by atoms with Gasteiger partial charge in [0, 0.05) is 0 Å². The van der Waals surface area contributed by atoms with Gasteiger partial charge in [0.05, 0.1) is 24.1 Å². The Labute approximate surface area is 155 Å². The maximum absolute atomic E-state index is 12.9. The molecule has 0 aromatic heterocycles. The minimum atomic E-state index is -4.38. The number of carbonyl (C=O) groups excluding carboxylic acids is 2. The molecule has 1 aromatic rings. The molecule has 1 heterocycles. The minimum absolute atomic E-state index is 0.0166. The van der Waals surface area contributed by atoms with E-state index >= 15 is 0 Å². The number of benzene rings is 1. The summed E-state index contributed by atoms with van der Waals surface area (Å²) in [6.07, 6.45) is -2.92. The van der Waals surface area contributed by atoms with Crippen molar-refractivity contribution in [1.29, 1.82) is 0 Å². The van der Waals surface area contributed by atoms with Crippen molar-refractivity contribution in [2.45, 2.75) is 50.2 Å². The van der Waals surface area contributed by atoms with Crippen LogP contribution in [0.15, 0.2) is 18.2 Å². The van der Waals surface area contributed by atoms with Crippen molar-refractivity contribution in [3.8, 4) is 0 Å². The molecule has 3 rings (SSSR count). The number of hydrogen-bond acceptors (Lipinski definition) is 4. The zero-order valence-corrected chi connectivity index (χ0v) is 15.2. The Balaban J connectivity index is 1.73. The third kappa shape index (κ3) is 4.41. The van der Waals surface area contributed by atoms with Crippen molar-refractivity contribution in [1.82, 2.24) is 20.9 Å². The third-order valence-corrected chi connectivity index (χ3v) is 4.98. The Kier molecular flexibility index (Phi) is 5.43. The van der Waals surface area contributed by atoms with Gasteiger partial charge >= 0.3 is 6.18 Å². The first-order valence-electron chi connectivity index (χ1n) is 8.87. The van der Waals surface area contributed by atoms with Crippen LogP contribution < -0.4 is 16.0 Å². The summed E-state index contributed by atoms with van der Waals surface area (Å²) in [6, 6.07) is 2.63. The van der Waals surface area contributed by atoms with Crippen molar-refractivity contribution in [3.63, 3.8) is 0 Å². The lowest BCUT2D eigenvalue weighted by atomic mass is 9.86. The molecule has 1 aliphatic heterocycles. The standard InChI is InChI=1S/C18H23F3N4O2/c1-25(2)17-23-14(9-15(26)24-17)16(27)22-13-5-3-4-10-8-11(18(19,20)21)6-7-12(10)13/h6-8,13-14,17,23H,3-5,9H2,1-2H3,(H,22,27)(H,24,26)/t13-,14?,17?/m0/s1. The van der Waals surface area contributed by atoms with E-state index in [9.17, 15) is 22.8 Å². The summed E-state index contributed by atoms with van der Waals surface area (Å²) >= 11 is 0. The lowest BCUT2D eigenvalue weighted by Gasteiger charge is -2.35. The predicted octanol–water partition coefficient (Wildman–Crippen LogP) is 1.52. The van der Waals surface area contributed by atoms with Gasteiger partial charge in [0.15, 0.2) is 0 Å². The van der Waals surface area contributed by atoms with Crippen LogP contribution in [-0.2, 0) is 22.2 Å². The molecule has 6 nitrogen and oxygen atoms in total. The average molecular weight is 384 g/mol. The number of alkyl halides is 3. The topological polar surface area (TPSA) is 73.5 Å². The number of amides is 2. The van der Waals surface area contributed by atoms with Crippen LogP contribution in [0, 0.1) is 0 Å². The van der Waals surface area contributed by atoms with Crippen molar-refractivity contribution in [3.05, 3.63) is 34.9 Å². The zero-order chi connectivity index (χ0) is 19.8. The van der Waals surface area contributed by atoms with E-state index in [1.54, 1.807) is 19.0 Å². The molecule has 0 spiro atoms. The monoisotopic (exact) mass is 384 g/mol. The largest absolute Gasteiger partial charge is 0.416 e. The number of hydrogen-bond donors (Lipinski definition) is 3. The van der Waals surface area contributed by atoms with Crippen LogP contribution in [0.3, 0.4) is 0 Å². The van der Waals surface area contributed by atoms with Crippen LogP contribution in [0.1, 0.15) is 42.0 Å². The molecule has 0 bridgehead atoms. The van der Waals surface area contributed by atoms with E-state index in [0.717, 1.165) is 6.07 Å². The summed E-state index contributed by atoms with van der Waals surface area (Å²) in [6.45, 7) is 0. The van der Waals surface area contributed by atoms with Gasteiger partial charge in [-0.05, 0) is 56.6 Å². The summed E-state index contributed by atoms with van der Waals surface area (Å²) < 4.78 is 38.8. The van der Waals surface area contributed by atoms with E-state index in [-0.39, 0.29) is 24.3 Å². The summed E-state index contributed by atoms with van der Waals surface area (Å²) in [7, 11) is 3.54. The molecule has 1 saturated heterocycles. The lowest BCUT2D eigenvalue weighted by Crippen LogP contribution is -2.65. The maximum Gasteiger partial charge on any atom is 0.416 e. The van der Waals surface area contributed by atoms with E-state index < -0.39 is 24.1 Å². The highest BCUT2D eigenvalue weighted by Gasteiger charge is 2.35. The number of aryl methyl sites for hydroxylation is 1. The van der Waals surface area contributed by atoms with Crippen molar-refractivity contribution in [2.24, 2.45) is 0 Å². The third-order valence-electron chi connectivity index (χ3n) is 4.98. The summed E-state index contributed by atoms with van der Waals surface area (Å²) in [5.74, 6) is -0.555. The number of nitrogens with zero attached hydrogens (tertiary/aromatic N) is 1. The normalized spacial score (nSPS) is 25.7. The number of carbonyl (C=O) groups is 2. The molecule has 2 unspecified atom stereocenters. The van der Waals surface area contributed by atoms with E-state index in [0.29, 0.717) is 30.4 Å². The molecule has 0 radical (unpaired) electrons. The first kappa shape index (κ1) is 19.6. The van der Waals surface area contributed by atoms with Gasteiger partial charge in [-0.25, -0.2) is 0 Å². The predicted molar refractivity (Wildman–Crippen MR) is 92.4 cm³/mol. The lowest BCUT2D eigenvalue weighted by molar-refractivity contribution is -0.137. The molecule has 0 saturated carbocycles. The maximum atomic E-state index is 12.9. The molecule has 148 valence electrons. The van der Waals surface area contributed by atoms with Crippen molar-refractivity contribution in [2.75, 3.05) is 14.1 Å². The molecule has 1 aliphatic carbocycles. The minimum Gasteiger partial charge on any atom is -0.348 e. The Hall–Kier alpha value is -2.13. The number of halogens is 3. The Morgan fingerprint density at radius 3 is 2.70 bits per heavy atom. The Morgan fingerprint density at radius 2 is 2.04 bits per heavy atom. The fourth-order valence-corrected chi connectivity index (χ4v) is 3.55. The Bertz CT molecular complexity index is 736. The summed E-state index contributed by atoms with van der Waals surface area (Å²) in [4.78, 5) is 26.3. The van der Waals surface area contributed by atoms with E-state index in [1.807, 2.05) is 0 Å². The van der Waals surface area contributed by atoms with Crippen molar-refractivity contribution < 1.29 is 22.8 Å². The van der Waals surface area contributed by atoms with E-state index in [4.69, 9.17) is 0 Å². The molecule has 3 atom stereocenters. The van der Waals surface area contributed by atoms with Gasteiger partial charge in [-0.2, -0.15) is 13.2 Å². The van der Waals surface area contributed by atoms with Crippen LogP contribution in [0.5, 0.6) is 0 Å². The molecule has 9 heteroatoms. The van der Waals surface area contributed by atoms with Gasteiger partial charge in [0.25, 0.3) is 0 Å². The molecule has 1 fully saturated rings. The van der Waals surface area contributed by atoms with Crippen molar-refractivity contribution >= 4 is 11.8 Å². The highest BCUT2D eigenvalue weighted by atomic mass is 19.4. The summed E-state index contributed by atoms with van der Waals surface area (Å²) in [5.41, 5.74) is 0.654. The van der Waals surface area contributed by atoms with Crippen LogP contribution in [-0.4, -0.2) is 43.1 Å². The average Bonchev–Trinajstić information content (AvgIpc) is 2.60. The molecular formula is C18H23F3N4O2. The quantitative estimate of drug-likeness (QED) is 0.739. The Morgan fingerprint density at radius 1 is 1.30 bits per heavy atom. The molecule has 27 heavy (non-hydrogen) atoms. The second-order valence-electron chi connectivity index (χ2n) is 7.22. The second kappa shape index (κ2) is 7.47. The molecular weight excluding hydrogens is 361 g/mol. The fourth-order valence-electron chi connectivity index (χ4n) is 3.55. The van der Waals surface area contributed by atoms with Gasteiger partial charge in [-0.1, -0.05) is 6.07 Å². The SMILES string of the molecule is CN(C)C1NC(=O)CC(C(=O)N[C@H]2CCCc3cc(C(F)(F)F)ccc32)N1. The van der Waals surface area contributed by atoms with Gasteiger partial charge in [0.2, 0.25) is 11.8 Å². The van der Waals surface area contributed by atoms with E-state index in [2.05, 4.69) is 16.0 Å². The molecule has 1 aromatic carbocycles. The van der Waals surface area contributed by atoms with Gasteiger partial charge in [-0.3, -0.25) is 19.8 Å². The van der Waals surface area contributed by atoms with E-state index in [1.165, 1.54) is 12.1 Å². The fraction of sp³-hybridized carbons (Fsp3) is 0.556. The van der Waals surface area contributed by atoms with Gasteiger partial charge in [-0.15, -0.1) is 0 Å². The summed E-state index contributed by atoms with van der Waals surface area (Å²) in [5, 5.41) is 8.69. The van der Waals surface area contributed by atoms with Gasteiger partial charge in [0.1, 0.15) is 6.29 Å². The van der Waals surface area contributed by atoms with Crippen LogP contribution >= 0.6 is 0 Å². The first-order valence-corrected chi connectivity index (χ1v) is 8.87. The van der Waals surface area contributed by atoms with Crippen LogP contribution in [0.25, 0.3) is 0 Å². The van der Waals surface area contributed by atoms with Gasteiger partial charge < -0.3 is 10.6 Å². The highest BCUT2D eigenvalue weighted by molar-refractivity contribution is 5.89.